The number of carbonyl (C=O) groups is 1. The first-order valence-corrected chi connectivity index (χ1v) is 9.78. The van der Waals surface area contributed by atoms with Crippen LogP contribution >= 0.6 is 0 Å². The molecule has 1 amide bonds. The molecule has 2 aromatic carbocycles. The smallest absolute Gasteiger partial charge is 0.313 e. The van der Waals surface area contributed by atoms with E-state index in [1.54, 1.807) is 16.8 Å². The number of aromatic nitrogens is 6. The molecule has 0 atom stereocenters. The molecule has 0 spiro atoms. The number of tetrazole rings is 1. The van der Waals surface area contributed by atoms with Gasteiger partial charge in [-0.2, -0.15) is 9.67 Å². The van der Waals surface area contributed by atoms with E-state index in [0.29, 0.717) is 17.1 Å². The second-order valence-corrected chi connectivity index (χ2v) is 7.47. The number of H-pyrrole nitrogens is 1. The monoisotopic (exact) mass is 415 g/mol. The second kappa shape index (κ2) is 8.31. The maximum absolute atomic E-state index is 13.0. The minimum Gasteiger partial charge on any atom is -0.313 e. The Balaban J connectivity index is 1.81. The van der Waals surface area contributed by atoms with Gasteiger partial charge in [0.2, 0.25) is 0 Å². The molecule has 0 saturated heterocycles. The lowest BCUT2D eigenvalue weighted by Gasteiger charge is -2.12. The summed E-state index contributed by atoms with van der Waals surface area (Å²) in [6, 6.07) is 15.0. The lowest BCUT2D eigenvalue weighted by molar-refractivity contribution is 0.102. The SMILES string of the molecule is Cc1ccc(-c2cc(C(=O)Nc3cc[nH]c(=O)n3)cc(-n3nnnc3C(C)C)c2)cc1. The van der Waals surface area contributed by atoms with Gasteiger partial charge in [0.1, 0.15) is 5.82 Å². The largest absolute Gasteiger partial charge is 0.346 e. The highest BCUT2D eigenvalue weighted by molar-refractivity contribution is 6.05. The van der Waals surface area contributed by atoms with Gasteiger partial charge in [-0.3, -0.25) is 4.79 Å². The minimum absolute atomic E-state index is 0.0931. The van der Waals surface area contributed by atoms with Crippen LogP contribution in [0.4, 0.5) is 5.82 Å². The molecule has 9 nitrogen and oxygen atoms in total. The van der Waals surface area contributed by atoms with E-state index in [0.717, 1.165) is 16.7 Å². The maximum atomic E-state index is 13.0. The van der Waals surface area contributed by atoms with Crippen LogP contribution in [-0.4, -0.2) is 36.1 Å². The predicted octanol–water partition coefficient (Wildman–Crippen LogP) is 3.10. The Bertz CT molecular complexity index is 1290. The van der Waals surface area contributed by atoms with Crippen molar-refractivity contribution >= 4 is 11.7 Å². The summed E-state index contributed by atoms with van der Waals surface area (Å²) in [6.07, 6.45) is 1.43. The van der Waals surface area contributed by atoms with Gasteiger partial charge in [0, 0.05) is 17.7 Å². The lowest BCUT2D eigenvalue weighted by Crippen LogP contribution is -2.18. The van der Waals surface area contributed by atoms with Crippen LogP contribution in [0.25, 0.3) is 16.8 Å². The van der Waals surface area contributed by atoms with Crippen LogP contribution in [-0.2, 0) is 0 Å². The number of aryl methyl sites for hydroxylation is 1. The first kappa shape index (κ1) is 20.1. The second-order valence-electron chi connectivity index (χ2n) is 7.47. The Hall–Kier alpha value is -4.14. The van der Waals surface area contributed by atoms with Crippen LogP contribution in [0.1, 0.15) is 41.5 Å². The number of amides is 1. The average Bonchev–Trinajstić information content (AvgIpc) is 3.24. The maximum Gasteiger partial charge on any atom is 0.346 e. The van der Waals surface area contributed by atoms with Gasteiger partial charge in [-0.05, 0) is 52.7 Å². The molecular formula is C22H21N7O2. The molecular weight excluding hydrogens is 394 g/mol. The normalized spacial score (nSPS) is 11.0. The van der Waals surface area contributed by atoms with E-state index >= 15 is 0 Å². The fraction of sp³-hybridized carbons (Fsp3) is 0.182. The Morgan fingerprint density at radius 2 is 1.84 bits per heavy atom. The average molecular weight is 415 g/mol. The summed E-state index contributed by atoms with van der Waals surface area (Å²) in [4.78, 5) is 30.6. The molecule has 2 N–H and O–H groups in total. The Morgan fingerprint density at radius 3 is 2.55 bits per heavy atom. The quantitative estimate of drug-likeness (QED) is 0.517. The molecule has 0 fully saturated rings. The van der Waals surface area contributed by atoms with Gasteiger partial charge in [0.15, 0.2) is 5.82 Å². The van der Waals surface area contributed by atoms with Crippen LogP contribution in [0.5, 0.6) is 0 Å². The Kier molecular flexibility index (Phi) is 5.40. The van der Waals surface area contributed by atoms with Crippen molar-refractivity contribution in [1.29, 1.82) is 0 Å². The number of hydrogen-bond acceptors (Lipinski definition) is 6. The first-order valence-electron chi connectivity index (χ1n) is 9.78. The van der Waals surface area contributed by atoms with E-state index in [1.165, 1.54) is 12.3 Å². The first-order chi connectivity index (χ1) is 14.9. The predicted molar refractivity (Wildman–Crippen MR) is 116 cm³/mol. The molecule has 0 aliphatic rings. The van der Waals surface area contributed by atoms with Crippen molar-refractivity contribution in [3.05, 3.63) is 82.2 Å². The molecule has 2 heterocycles. The highest BCUT2D eigenvalue weighted by Crippen LogP contribution is 2.26. The minimum atomic E-state index is -0.540. The van der Waals surface area contributed by atoms with E-state index in [-0.39, 0.29) is 11.7 Å². The van der Waals surface area contributed by atoms with Crippen molar-refractivity contribution in [3.8, 4) is 16.8 Å². The molecule has 9 heteroatoms. The molecule has 4 rings (SSSR count). The van der Waals surface area contributed by atoms with Crippen LogP contribution in [0, 0.1) is 6.92 Å². The van der Waals surface area contributed by atoms with Crippen molar-refractivity contribution in [2.45, 2.75) is 26.7 Å². The number of nitrogens with zero attached hydrogens (tertiary/aromatic N) is 5. The summed E-state index contributed by atoms with van der Waals surface area (Å²) >= 11 is 0. The third-order valence-electron chi connectivity index (χ3n) is 4.73. The number of nitrogens with one attached hydrogen (secondary N) is 2. The summed E-state index contributed by atoms with van der Waals surface area (Å²) in [5.41, 5.74) is 3.45. The van der Waals surface area contributed by atoms with Gasteiger partial charge in [-0.1, -0.05) is 43.7 Å². The molecule has 0 unspecified atom stereocenters. The van der Waals surface area contributed by atoms with Crippen LogP contribution in [0.15, 0.2) is 59.5 Å². The summed E-state index contributed by atoms with van der Waals surface area (Å²) in [7, 11) is 0. The third kappa shape index (κ3) is 4.40. The molecule has 0 aliphatic heterocycles. The van der Waals surface area contributed by atoms with E-state index < -0.39 is 11.6 Å². The summed E-state index contributed by atoms with van der Waals surface area (Å²) in [5, 5.41) is 14.7. The molecule has 0 bridgehead atoms. The van der Waals surface area contributed by atoms with Crippen LogP contribution < -0.4 is 11.0 Å². The Morgan fingerprint density at radius 1 is 1.06 bits per heavy atom. The fourth-order valence-corrected chi connectivity index (χ4v) is 3.14. The van der Waals surface area contributed by atoms with Gasteiger partial charge < -0.3 is 10.3 Å². The van der Waals surface area contributed by atoms with Gasteiger partial charge in [-0.15, -0.1) is 5.10 Å². The highest BCUT2D eigenvalue weighted by Gasteiger charge is 2.16. The van der Waals surface area contributed by atoms with Gasteiger partial charge in [0.25, 0.3) is 5.91 Å². The molecule has 0 aliphatic carbocycles. The molecule has 2 aromatic heterocycles. The number of hydrogen-bond donors (Lipinski definition) is 2. The van der Waals surface area contributed by atoms with Gasteiger partial charge in [-0.25, -0.2) is 4.79 Å². The van der Waals surface area contributed by atoms with E-state index in [4.69, 9.17) is 0 Å². The highest BCUT2D eigenvalue weighted by atomic mass is 16.2. The van der Waals surface area contributed by atoms with E-state index in [2.05, 4.69) is 30.8 Å². The number of rotatable bonds is 5. The zero-order valence-electron chi connectivity index (χ0n) is 17.3. The summed E-state index contributed by atoms with van der Waals surface area (Å²) < 4.78 is 1.63. The number of anilines is 1. The van der Waals surface area contributed by atoms with Crippen molar-refractivity contribution in [2.75, 3.05) is 5.32 Å². The van der Waals surface area contributed by atoms with Gasteiger partial charge in [0.05, 0.1) is 5.69 Å². The lowest BCUT2D eigenvalue weighted by atomic mass is 10.0. The number of aromatic amines is 1. The topological polar surface area (TPSA) is 118 Å². The molecule has 4 aromatic rings. The molecule has 0 saturated carbocycles. The van der Waals surface area contributed by atoms with Crippen molar-refractivity contribution in [1.82, 2.24) is 30.2 Å². The van der Waals surface area contributed by atoms with Crippen molar-refractivity contribution in [2.24, 2.45) is 0 Å². The van der Waals surface area contributed by atoms with Crippen molar-refractivity contribution < 1.29 is 4.79 Å². The number of benzene rings is 2. The Labute approximate surface area is 178 Å². The van der Waals surface area contributed by atoms with E-state index in [1.807, 2.05) is 51.1 Å². The fourth-order valence-electron chi connectivity index (χ4n) is 3.14. The summed E-state index contributed by atoms with van der Waals surface area (Å²) in [5.74, 6) is 0.549. The number of carbonyl (C=O) groups excluding carboxylic acids is 1. The van der Waals surface area contributed by atoms with Crippen molar-refractivity contribution in [3.63, 3.8) is 0 Å². The molecule has 31 heavy (non-hydrogen) atoms. The van der Waals surface area contributed by atoms with E-state index in [9.17, 15) is 9.59 Å². The van der Waals surface area contributed by atoms with Crippen LogP contribution in [0.3, 0.4) is 0 Å². The zero-order valence-corrected chi connectivity index (χ0v) is 17.3. The van der Waals surface area contributed by atoms with Crippen LogP contribution in [0.2, 0.25) is 0 Å². The van der Waals surface area contributed by atoms with Gasteiger partial charge >= 0.3 is 5.69 Å². The third-order valence-corrected chi connectivity index (χ3v) is 4.73. The molecule has 156 valence electrons. The standard InChI is InChI=1S/C22H21N7O2/c1-13(2)20-26-27-28-29(20)18-11-16(15-6-4-14(3)5-7-15)10-17(12-18)21(30)24-19-8-9-23-22(31)25-19/h4-13H,1-3H3,(H2,23,24,25,30,31). The molecule has 0 radical (unpaired) electrons. The summed E-state index contributed by atoms with van der Waals surface area (Å²) in [6.45, 7) is 6.01. The zero-order chi connectivity index (χ0) is 22.0.